The van der Waals surface area contributed by atoms with Crippen molar-refractivity contribution in [1.82, 2.24) is 0 Å². The number of alkyl halides is 1. The fourth-order valence-electron chi connectivity index (χ4n) is 1.36. The third kappa shape index (κ3) is 3.74. The van der Waals surface area contributed by atoms with Crippen LogP contribution < -0.4 is 5.32 Å². The van der Waals surface area contributed by atoms with Crippen LogP contribution in [0.2, 0.25) is 0 Å². The average molecular weight is 296 g/mol. The molecule has 1 aromatic rings. The lowest BCUT2D eigenvalue weighted by molar-refractivity contribution is 0.211. The molecule has 4 N–H and O–H groups in total. The lowest BCUT2D eigenvalue weighted by Gasteiger charge is -2.13. The topological polar surface area (TPSA) is 107 Å². The fraction of sp³-hybridized carbons (Fsp3) is 0.400. The van der Waals surface area contributed by atoms with E-state index in [0.717, 1.165) is 6.07 Å². The van der Waals surface area contributed by atoms with E-state index in [1.165, 1.54) is 6.07 Å². The molecular formula is C10H14ClNO5S. The second-order valence-corrected chi connectivity index (χ2v) is 5.52. The van der Waals surface area contributed by atoms with Crippen LogP contribution in [0.25, 0.3) is 0 Å². The minimum Gasteiger partial charge on any atom is -0.504 e. The summed E-state index contributed by atoms with van der Waals surface area (Å²) in [6, 6.07) is 2.64. The monoisotopic (exact) mass is 295 g/mol. The largest absolute Gasteiger partial charge is 0.504 e. The van der Waals surface area contributed by atoms with E-state index in [9.17, 15) is 18.6 Å². The van der Waals surface area contributed by atoms with Crippen LogP contribution in [0.4, 0.5) is 5.69 Å². The van der Waals surface area contributed by atoms with Crippen molar-refractivity contribution >= 4 is 27.4 Å². The van der Waals surface area contributed by atoms with E-state index in [1.807, 2.05) is 0 Å². The Morgan fingerprint density at radius 1 is 1.44 bits per heavy atom. The van der Waals surface area contributed by atoms with Gasteiger partial charge in [-0.2, -0.15) is 8.42 Å². The standard InChI is InChI=1S/C10H14ClNO5S/c1-6-2-8(12-5-7(13)4-11)10(14)9(3-6)18(15,16)17/h2-3,7,12-14H,4-5H2,1H3,(H,15,16,17). The first-order chi connectivity index (χ1) is 8.25. The summed E-state index contributed by atoms with van der Waals surface area (Å²) in [7, 11) is -4.50. The smallest absolute Gasteiger partial charge is 0.298 e. The van der Waals surface area contributed by atoms with Gasteiger partial charge in [-0.15, -0.1) is 11.6 Å². The lowest BCUT2D eigenvalue weighted by Crippen LogP contribution is -2.21. The Kier molecular flexibility index (Phi) is 4.80. The zero-order valence-corrected chi connectivity index (χ0v) is 11.2. The van der Waals surface area contributed by atoms with Crippen molar-refractivity contribution in [1.29, 1.82) is 0 Å². The van der Waals surface area contributed by atoms with Gasteiger partial charge < -0.3 is 15.5 Å². The van der Waals surface area contributed by atoms with Crippen LogP contribution in [0, 0.1) is 6.92 Å². The molecule has 0 amide bonds. The summed E-state index contributed by atoms with van der Waals surface area (Å²) < 4.78 is 31.1. The number of hydrogen-bond donors (Lipinski definition) is 4. The van der Waals surface area contributed by atoms with Crippen LogP contribution in [-0.4, -0.2) is 41.7 Å². The van der Waals surface area contributed by atoms with E-state index >= 15 is 0 Å². The third-order valence-corrected chi connectivity index (χ3v) is 3.43. The van der Waals surface area contributed by atoms with Gasteiger partial charge in [0.1, 0.15) is 4.90 Å². The van der Waals surface area contributed by atoms with Gasteiger partial charge in [0, 0.05) is 6.54 Å². The molecule has 1 atom stereocenters. The van der Waals surface area contributed by atoms with Crippen LogP contribution in [0.15, 0.2) is 17.0 Å². The van der Waals surface area contributed by atoms with Gasteiger partial charge >= 0.3 is 0 Å². The van der Waals surface area contributed by atoms with Gasteiger partial charge in [-0.1, -0.05) is 0 Å². The Morgan fingerprint density at radius 2 is 2.06 bits per heavy atom. The second kappa shape index (κ2) is 5.75. The molecule has 18 heavy (non-hydrogen) atoms. The quantitative estimate of drug-likeness (QED) is 0.366. The Labute approximate surface area is 110 Å². The highest BCUT2D eigenvalue weighted by molar-refractivity contribution is 7.86. The van der Waals surface area contributed by atoms with Gasteiger partial charge in [-0.3, -0.25) is 4.55 Å². The van der Waals surface area contributed by atoms with Gasteiger partial charge in [-0.05, 0) is 24.6 Å². The van der Waals surface area contributed by atoms with Crippen molar-refractivity contribution in [2.75, 3.05) is 17.7 Å². The van der Waals surface area contributed by atoms with E-state index in [2.05, 4.69) is 5.32 Å². The van der Waals surface area contributed by atoms with E-state index in [1.54, 1.807) is 6.92 Å². The molecule has 0 aliphatic carbocycles. The van der Waals surface area contributed by atoms with Crippen LogP contribution in [-0.2, 0) is 10.1 Å². The van der Waals surface area contributed by atoms with E-state index in [0.29, 0.717) is 5.56 Å². The second-order valence-electron chi connectivity index (χ2n) is 3.82. The van der Waals surface area contributed by atoms with Crippen LogP contribution in [0.1, 0.15) is 5.56 Å². The molecule has 102 valence electrons. The number of phenolic OH excluding ortho intramolecular Hbond substituents is 1. The van der Waals surface area contributed by atoms with Gasteiger partial charge in [0.05, 0.1) is 17.7 Å². The molecule has 0 bridgehead atoms. The number of aromatic hydroxyl groups is 1. The molecule has 0 saturated heterocycles. The highest BCUT2D eigenvalue weighted by Crippen LogP contribution is 2.32. The average Bonchev–Trinajstić information content (AvgIpc) is 2.27. The molecule has 0 fully saturated rings. The molecule has 0 aromatic heterocycles. The summed E-state index contributed by atoms with van der Waals surface area (Å²) in [4.78, 5) is -0.578. The van der Waals surface area contributed by atoms with Crippen molar-refractivity contribution < 1.29 is 23.2 Å². The summed E-state index contributed by atoms with van der Waals surface area (Å²) in [6.45, 7) is 1.66. The molecule has 0 aliphatic heterocycles. The maximum Gasteiger partial charge on any atom is 0.298 e. The first-order valence-electron chi connectivity index (χ1n) is 5.04. The number of nitrogens with one attached hydrogen (secondary N) is 1. The molecule has 0 heterocycles. The molecule has 0 aliphatic rings. The number of phenols is 1. The molecular weight excluding hydrogens is 282 g/mol. The Balaban J connectivity index is 3.10. The summed E-state index contributed by atoms with van der Waals surface area (Å²) in [5, 5.41) is 21.6. The Bertz CT molecular complexity index is 531. The predicted molar refractivity (Wildman–Crippen MR) is 67.9 cm³/mol. The molecule has 0 radical (unpaired) electrons. The molecule has 8 heteroatoms. The molecule has 1 unspecified atom stereocenters. The van der Waals surface area contributed by atoms with Gasteiger partial charge in [0.15, 0.2) is 5.75 Å². The van der Waals surface area contributed by atoms with Crippen molar-refractivity contribution in [3.63, 3.8) is 0 Å². The van der Waals surface area contributed by atoms with Crippen molar-refractivity contribution in [2.45, 2.75) is 17.9 Å². The maximum atomic E-state index is 11.0. The zero-order chi connectivity index (χ0) is 13.9. The summed E-state index contributed by atoms with van der Waals surface area (Å²) in [5.74, 6) is -0.588. The molecule has 0 saturated carbocycles. The van der Waals surface area contributed by atoms with Gasteiger partial charge in [0.2, 0.25) is 0 Å². The number of rotatable bonds is 5. The molecule has 1 rings (SSSR count). The number of hydrogen-bond acceptors (Lipinski definition) is 5. The van der Waals surface area contributed by atoms with Crippen molar-refractivity contribution in [3.05, 3.63) is 17.7 Å². The van der Waals surface area contributed by atoms with Crippen molar-refractivity contribution in [3.8, 4) is 5.75 Å². The number of benzene rings is 1. The minimum absolute atomic E-state index is 0.00470. The van der Waals surface area contributed by atoms with E-state index in [4.69, 9.17) is 16.2 Å². The van der Waals surface area contributed by atoms with E-state index < -0.39 is 26.9 Å². The minimum atomic E-state index is -4.50. The van der Waals surface area contributed by atoms with Gasteiger partial charge in [0.25, 0.3) is 10.1 Å². The highest BCUT2D eigenvalue weighted by atomic mass is 35.5. The molecule has 0 spiro atoms. The van der Waals surface area contributed by atoms with Crippen LogP contribution in [0.5, 0.6) is 5.75 Å². The molecule has 6 nitrogen and oxygen atoms in total. The fourth-order valence-corrected chi connectivity index (χ4v) is 2.16. The Morgan fingerprint density at radius 3 is 2.56 bits per heavy atom. The normalized spacial score (nSPS) is 13.3. The van der Waals surface area contributed by atoms with Gasteiger partial charge in [-0.25, -0.2) is 0 Å². The van der Waals surface area contributed by atoms with Crippen molar-refractivity contribution in [2.24, 2.45) is 0 Å². The zero-order valence-electron chi connectivity index (χ0n) is 9.59. The predicted octanol–water partition coefficient (Wildman–Crippen LogP) is 0.959. The SMILES string of the molecule is Cc1cc(NCC(O)CCl)c(O)c(S(=O)(=O)O)c1. The summed E-state index contributed by atoms with van der Waals surface area (Å²) in [6.07, 6.45) is -0.833. The number of aryl methyl sites for hydroxylation is 1. The summed E-state index contributed by atoms with van der Waals surface area (Å²) in [5.41, 5.74) is 0.634. The maximum absolute atomic E-state index is 11.0. The number of anilines is 1. The Hall–Kier alpha value is -1.02. The first kappa shape index (κ1) is 15.0. The molecule has 1 aromatic carbocycles. The van der Waals surface area contributed by atoms with Crippen LogP contribution >= 0.6 is 11.6 Å². The third-order valence-electron chi connectivity index (χ3n) is 2.20. The number of halogens is 1. The first-order valence-corrected chi connectivity index (χ1v) is 7.02. The number of aliphatic hydroxyl groups excluding tert-OH is 1. The van der Waals surface area contributed by atoms with Crippen LogP contribution in [0.3, 0.4) is 0 Å². The van der Waals surface area contributed by atoms with E-state index in [-0.39, 0.29) is 18.1 Å². The lowest BCUT2D eigenvalue weighted by atomic mass is 10.2. The summed E-state index contributed by atoms with van der Waals surface area (Å²) >= 11 is 5.40. The highest BCUT2D eigenvalue weighted by Gasteiger charge is 2.19. The number of aliphatic hydroxyl groups is 1.